The highest BCUT2D eigenvalue weighted by Gasteiger charge is 2.39. The number of methoxy groups -OCH3 is 2. The molecule has 2 heterocycles. The van der Waals surface area contributed by atoms with E-state index < -0.39 is 23.9 Å². The molecule has 1 aliphatic heterocycles. The molecule has 1 fully saturated rings. The summed E-state index contributed by atoms with van der Waals surface area (Å²) in [6.45, 7) is -0.386. The van der Waals surface area contributed by atoms with Crippen molar-refractivity contribution in [1.29, 1.82) is 0 Å². The first-order valence-electron chi connectivity index (χ1n) is 9.69. The number of carbonyl (C=O) groups excluding carboxylic acids is 3. The molecule has 9 heteroatoms. The maximum absolute atomic E-state index is 12.8. The minimum absolute atomic E-state index is 0.336. The molecule has 9 nitrogen and oxygen atoms in total. The molecule has 4 amide bonds. The minimum atomic E-state index is -0.722. The molecule has 2 aromatic carbocycles. The number of ether oxygens (including phenoxy) is 2. The van der Waals surface area contributed by atoms with Gasteiger partial charge in [-0.15, -0.1) is 0 Å². The summed E-state index contributed by atoms with van der Waals surface area (Å²) in [5.74, 6) is 0.0463. The number of aromatic nitrogens is 1. The lowest BCUT2D eigenvalue weighted by Crippen LogP contribution is -2.38. The van der Waals surface area contributed by atoms with E-state index in [1.54, 1.807) is 18.2 Å². The molecule has 4 rings (SSSR count). The summed E-state index contributed by atoms with van der Waals surface area (Å²) >= 11 is 0. The molecule has 1 saturated heterocycles. The average molecular weight is 422 g/mol. The van der Waals surface area contributed by atoms with E-state index >= 15 is 0 Å². The Morgan fingerprint density at radius 1 is 1.10 bits per heavy atom. The van der Waals surface area contributed by atoms with E-state index in [9.17, 15) is 14.4 Å². The van der Waals surface area contributed by atoms with Crippen LogP contribution in [0, 0.1) is 0 Å². The van der Waals surface area contributed by atoms with Gasteiger partial charge in [0.1, 0.15) is 12.6 Å². The number of nitrogens with zero attached hydrogens (tertiary/aromatic N) is 1. The van der Waals surface area contributed by atoms with Crippen molar-refractivity contribution in [1.82, 2.24) is 15.2 Å². The number of amides is 4. The van der Waals surface area contributed by atoms with Gasteiger partial charge in [0.2, 0.25) is 5.91 Å². The van der Waals surface area contributed by atoms with Crippen LogP contribution in [-0.2, 0) is 16.0 Å². The normalized spacial score (nSPS) is 15.8. The van der Waals surface area contributed by atoms with Crippen LogP contribution in [0.3, 0.4) is 0 Å². The SMILES string of the molecule is COc1ccc(NC(=O)CN2C(=O)N[C@@H](Cc3c[nH]c4ccccc34)C2=O)cc1OC. The summed E-state index contributed by atoms with van der Waals surface area (Å²) in [7, 11) is 3.00. The van der Waals surface area contributed by atoms with E-state index in [-0.39, 0.29) is 6.54 Å². The van der Waals surface area contributed by atoms with Crippen LogP contribution >= 0.6 is 0 Å². The largest absolute Gasteiger partial charge is 0.493 e. The molecule has 0 unspecified atom stereocenters. The summed E-state index contributed by atoms with van der Waals surface area (Å²) in [4.78, 5) is 41.6. The van der Waals surface area contributed by atoms with Crippen molar-refractivity contribution in [2.24, 2.45) is 0 Å². The molecule has 1 aliphatic rings. The van der Waals surface area contributed by atoms with Crippen LogP contribution in [0.1, 0.15) is 5.56 Å². The van der Waals surface area contributed by atoms with Crippen LogP contribution in [0.5, 0.6) is 11.5 Å². The molecule has 3 aromatic rings. The van der Waals surface area contributed by atoms with Crippen molar-refractivity contribution in [2.45, 2.75) is 12.5 Å². The number of imide groups is 1. The summed E-state index contributed by atoms with van der Waals surface area (Å²) in [5.41, 5.74) is 2.34. The van der Waals surface area contributed by atoms with Crippen LogP contribution in [0.25, 0.3) is 10.9 Å². The monoisotopic (exact) mass is 422 g/mol. The molecule has 1 aromatic heterocycles. The standard InChI is InChI=1S/C22H22N4O5/c1-30-18-8-7-14(10-19(18)31-2)24-20(27)12-26-21(28)17(25-22(26)29)9-13-11-23-16-6-4-3-5-15(13)16/h3-8,10-11,17,23H,9,12H2,1-2H3,(H,24,27)(H,25,29)/t17-/m0/s1. The lowest BCUT2D eigenvalue weighted by Gasteiger charge is -2.14. The predicted molar refractivity (Wildman–Crippen MR) is 114 cm³/mol. The van der Waals surface area contributed by atoms with E-state index in [0.29, 0.717) is 23.6 Å². The summed E-state index contributed by atoms with van der Waals surface area (Å²) < 4.78 is 10.4. The van der Waals surface area contributed by atoms with E-state index in [0.717, 1.165) is 21.4 Å². The van der Waals surface area contributed by atoms with Gasteiger partial charge in [0, 0.05) is 35.3 Å². The lowest BCUT2D eigenvalue weighted by molar-refractivity contribution is -0.130. The second-order valence-electron chi connectivity index (χ2n) is 7.11. The highest BCUT2D eigenvalue weighted by Crippen LogP contribution is 2.29. The highest BCUT2D eigenvalue weighted by atomic mass is 16.5. The number of hydrogen-bond acceptors (Lipinski definition) is 5. The molecule has 160 valence electrons. The van der Waals surface area contributed by atoms with Crippen molar-refractivity contribution in [2.75, 3.05) is 26.1 Å². The fourth-order valence-corrected chi connectivity index (χ4v) is 3.64. The number of carbonyl (C=O) groups is 3. The molecule has 0 spiro atoms. The van der Waals surface area contributed by atoms with Crippen molar-refractivity contribution >= 4 is 34.4 Å². The Bertz CT molecular complexity index is 1160. The second kappa shape index (κ2) is 8.39. The Balaban J connectivity index is 1.41. The highest BCUT2D eigenvalue weighted by molar-refractivity contribution is 6.08. The van der Waals surface area contributed by atoms with Crippen LogP contribution in [-0.4, -0.2) is 54.5 Å². The fraction of sp³-hybridized carbons (Fsp3) is 0.227. The molecule has 0 radical (unpaired) electrons. The van der Waals surface area contributed by atoms with Gasteiger partial charge in [-0.1, -0.05) is 18.2 Å². The Morgan fingerprint density at radius 3 is 2.65 bits per heavy atom. The zero-order valence-electron chi connectivity index (χ0n) is 17.1. The van der Waals surface area contributed by atoms with Gasteiger partial charge in [0.15, 0.2) is 11.5 Å². The van der Waals surface area contributed by atoms with Crippen LogP contribution in [0.15, 0.2) is 48.7 Å². The second-order valence-corrected chi connectivity index (χ2v) is 7.11. The number of benzene rings is 2. The van der Waals surface area contributed by atoms with Gasteiger partial charge in [-0.05, 0) is 23.8 Å². The van der Waals surface area contributed by atoms with Crippen molar-refractivity contribution < 1.29 is 23.9 Å². The van der Waals surface area contributed by atoms with Crippen LogP contribution < -0.4 is 20.1 Å². The summed E-state index contributed by atoms with van der Waals surface area (Å²) in [5, 5.41) is 6.33. The minimum Gasteiger partial charge on any atom is -0.493 e. The molecule has 1 atom stereocenters. The van der Waals surface area contributed by atoms with E-state index in [1.807, 2.05) is 30.5 Å². The molecule has 3 N–H and O–H groups in total. The number of nitrogens with one attached hydrogen (secondary N) is 3. The smallest absolute Gasteiger partial charge is 0.325 e. The van der Waals surface area contributed by atoms with Gasteiger partial charge in [-0.3, -0.25) is 14.5 Å². The zero-order chi connectivity index (χ0) is 22.0. The molecular formula is C22H22N4O5. The number of anilines is 1. The third kappa shape index (κ3) is 4.02. The van der Waals surface area contributed by atoms with E-state index in [2.05, 4.69) is 15.6 Å². The van der Waals surface area contributed by atoms with Crippen molar-refractivity contribution in [3.8, 4) is 11.5 Å². The van der Waals surface area contributed by atoms with Gasteiger partial charge < -0.3 is 25.1 Å². The average Bonchev–Trinajstić information content (AvgIpc) is 3.30. The maximum atomic E-state index is 12.8. The Labute approximate surface area is 178 Å². The Hall–Kier alpha value is -4.01. The van der Waals surface area contributed by atoms with Gasteiger partial charge in [0.05, 0.1) is 14.2 Å². The number of para-hydroxylation sites is 1. The first kappa shape index (κ1) is 20.3. The number of H-pyrrole nitrogens is 1. The molecule has 0 saturated carbocycles. The quantitative estimate of drug-likeness (QED) is 0.506. The molecule has 0 bridgehead atoms. The Morgan fingerprint density at radius 2 is 1.87 bits per heavy atom. The van der Waals surface area contributed by atoms with Crippen LogP contribution in [0.4, 0.5) is 10.5 Å². The fourth-order valence-electron chi connectivity index (χ4n) is 3.64. The van der Waals surface area contributed by atoms with E-state index in [4.69, 9.17) is 9.47 Å². The number of aromatic amines is 1. The molecule has 31 heavy (non-hydrogen) atoms. The van der Waals surface area contributed by atoms with Crippen LogP contribution in [0.2, 0.25) is 0 Å². The number of urea groups is 1. The zero-order valence-corrected chi connectivity index (χ0v) is 17.1. The molecule has 0 aliphatic carbocycles. The third-order valence-corrected chi connectivity index (χ3v) is 5.17. The Kier molecular flexibility index (Phi) is 5.48. The van der Waals surface area contributed by atoms with E-state index in [1.165, 1.54) is 14.2 Å². The summed E-state index contributed by atoms with van der Waals surface area (Å²) in [6.07, 6.45) is 2.17. The maximum Gasteiger partial charge on any atom is 0.325 e. The number of rotatable bonds is 7. The van der Waals surface area contributed by atoms with Gasteiger partial charge >= 0.3 is 6.03 Å². The topological polar surface area (TPSA) is 113 Å². The summed E-state index contributed by atoms with van der Waals surface area (Å²) in [6, 6.07) is 11.3. The predicted octanol–water partition coefficient (Wildman–Crippen LogP) is 2.29. The molecular weight excluding hydrogens is 400 g/mol. The van der Waals surface area contributed by atoms with Gasteiger partial charge in [0.25, 0.3) is 5.91 Å². The number of fused-ring (bicyclic) bond motifs is 1. The lowest BCUT2D eigenvalue weighted by atomic mass is 10.1. The van der Waals surface area contributed by atoms with Gasteiger partial charge in [-0.25, -0.2) is 4.79 Å². The van der Waals surface area contributed by atoms with Crippen molar-refractivity contribution in [3.05, 3.63) is 54.2 Å². The van der Waals surface area contributed by atoms with Gasteiger partial charge in [-0.2, -0.15) is 0 Å². The first-order chi connectivity index (χ1) is 15.0. The van der Waals surface area contributed by atoms with Crippen molar-refractivity contribution in [3.63, 3.8) is 0 Å². The third-order valence-electron chi connectivity index (χ3n) is 5.17. The first-order valence-corrected chi connectivity index (χ1v) is 9.69. The number of hydrogen-bond donors (Lipinski definition) is 3.